The Hall–Kier alpha value is -3.66. The zero-order valence-electron chi connectivity index (χ0n) is 21.3. The monoisotopic (exact) mass is 501 g/mol. The first-order valence-corrected chi connectivity index (χ1v) is 11.5. The van der Waals surface area contributed by atoms with E-state index in [-0.39, 0.29) is 24.2 Å². The standard InChI is InChI=1S/C26H31NO9/c1-26(2,3)36-25(29)27-10-9-14-11-18-19(34-13-33-18)12-16(14)22-21(35-22)15-7-8-17(30-4)23(31-5)20(15)24(28)32-6/h7-8,11-12,21-22H,9-10,13H2,1-6H3,(H,27,29)/t21-,22-/m1/s1. The van der Waals surface area contributed by atoms with Gasteiger partial charge in [-0.1, -0.05) is 6.07 Å². The third kappa shape index (κ3) is 5.28. The van der Waals surface area contributed by atoms with Crippen molar-refractivity contribution in [2.75, 3.05) is 34.7 Å². The lowest BCUT2D eigenvalue weighted by Gasteiger charge is -2.19. The molecule has 0 unspecified atom stereocenters. The van der Waals surface area contributed by atoms with Crippen LogP contribution < -0.4 is 24.3 Å². The van der Waals surface area contributed by atoms with Crippen LogP contribution in [0, 0.1) is 0 Å². The number of hydrogen-bond acceptors (Lipinski definition) is 9. The second-order valence-corrected chi connectivity index (χ2v) is 9.32. The van der Waals surface area contributed by atoms with Gasteiger partial charge in [-0.2, -0.15) is 0 Å². The molecule has 1 fully saturated rings. The van der Waals surface area contributed by atoms with Crippen molar-refractivity contribution in [2.45, 2.75) is 45.0 Å². The van der Waals surface area contributed by atoms with Gasteiger partial charge in [-0.25, -0.2) is 9.59 Å². The first-order valence-electron chi connectivity index (χ1n) is 11.5. The highest BCUT2D eigenvalue weighted by Gasteiger charge is 2.46. The number of amides is 1. The van der Waals surface area contributed by atoms with Crippen molar-refractivity contribution in [2.24, 2.45) is 0 Å². The molecule has 4 rings (SSSR count). The first kappa shape index (κ1) is 25.4. The summed E-state index contributed by atoms with van der Waals surface area (Å²) in [6, 6.07) is 7.27. The van der Waals surface area contributed by atoms with Gasteiger partial charge in [0.1, 0.15) is 23.4 Å². The summed E-state index contributed by atoms with van der Waals surface area (Å²) in [5.41, 5.74) is 2.09. The third-order valence-corrected chi connectivity index (χ3v) is 5.77. The van der Waals surface area contributed by atoms with Gasteiger partial charge in [0.05, 0.1) is 21.3 Å². The number of hydrogen-bond donors (Lipinski definition) is 1. The van der Waals surface area contributed by atoms with Crippen molar-refractivity contribution >= 4 is 12.1 Å². The highest BCUT2D eigenvalue weighted by Crippen LogP contribution is 2.56. The Morgan fingerprint density at radius 2 is 1.69 bits per heavy atom. The molecule has 10 nitrogen and oxygen atoms in total. The normalized spacial score (nSPS) is 17.8. The van der Waals surface area contributed by atoms with Crippen LogP contribution >= 0.6 is 0 Å². The molecule has 1 amide bonds. The Labute approximate surface area is 209 Å². The second kappa shape index (κ2) is 10.1. The van der Waals surface area contributed by atoms with Gasteiger partial charge in [0.15, 0.2) is 23.0 Å². The molecule has 1 N–H and O–H groups in total. The van der Waals surface area contributed by atoms with Crippen LogP contribution in [0.5, 0.6) is 23.0 Å². The Bertz CT molecular complexity index is 1160. The third-order valence-electron chi connectivity index (χ3n) is 5.77. The average molecular weight is 502 g/mol. The summed E-state index contributed by atoms with van der Waals surface area (Å²) in [5.74, 6) is 1.38. The Morgan fingerprint density at radius 3 is 2.33 bits per heavy atom. The minimum Gasteiger partial charge on any atom is -0.493 e. The molecule has 0 saturated carbocycles. The number of nitrogens with one attached hydrogen (secondary N) is 1. The zero-order valence-corrected chi connectivity index (χ0v) is 21.3. The molecular weight excluding hydrogens is 470 g/mol. The molecule has 194 valence electrons. The fourth-order valence-corrected chi connectivity index (χ4v) is 4.17. The van der Waals surface area contributed by atoms with E-state index in [2.05, 4.69) is 5.32 Å². The lowest BCUT2D eigenvalue weighted by molar-refractivity contribution is 0.0527. The van der Waals surface area contributed by atoms with Gasteiger partial charge in [0.2, 0.25) is 6.79 Å². The van der Waals surface area contributed by atoms with Crippen molar-refractivity contribution < 1.29 is 42.7 Å². The van der Waals surface area contributed by atoms with Gasteiger partial charge in [-0.3, -0.25) is 0 Å². The van der Waals surface area contributed by atoms with Gasteiger partial charge in [0.25, 0.3) is 0 Å². The molecule has 0 aliphatic carbocycles. The fraction of sp³-hybridized carbons (Fsp3) is 0.462. The van der Waals surface area contributed by atoms with Crippen LogP contribution in [0.3, 0.4) is 0 Å². The quantitative estimate of drug-likeness (QED) is 0.422. The van der Waals surface area contributed by atoms with Crippen LogP contribution in [-0.4, -0.2) is 52.3 Å². The summed E-state index contributed by atoms with van der Waals surface area (Å²) in [4.78, 5) is 24.8. The van der Waals surface area contributed by atoms with E-state index in [0.29, 0.717) is 35.8 Å². The van der Waals surface area contributed by atoms with Crippen LogP contribution in [0.15, 0.2) is 24.3 Å². The lowest BCUT2D eigenvalue weighted by Crippen LogP contribution is -2.33. The number of rotatable bonds is 8. The van der Waals surface area contributed by atoms with Crippen molar-refractivity contribution in [1.82, 2.24) is 5.32 Å². The summed E-state index contributed by atoms with van der Waals surface area (Å²) in [6.07, 6.45) is -0.749. The molecule has 1 saturated heterocycles. The number of benzene rings is 2. The van der Waals surface area contributed by atoms with Crippen LogP contribution in [0.4, 0.5) is 4.79 Å². The van der Waals surface area contributed by atoms with Crippen molar-refractivity contribution in [3.63, 3.8) is 0 Å². The van der Waals surface area contributed by atoms with E-state index < -0.39 is 23.8 Å². The number of methoxy groups -OCH3 is 3. The number of alkyl carbamates (subject to hydrolysis) is 1. The van der Waals surface area contributed by atoms with Crippen LogP contribution in [0.1, 0.15) is 60.0 Å². The summed E-state index contributed by atoms with van der Waals surface area (Å²) in [5, 5.41) is 2.78. The van der Waals surface area contributed by atoms with E-state index in [4.69, 9.17) is 33.2 Å². The first-order chi connectivity index (χ1) is 17.2. The summed E-state index contributed by atoms with van der Waals surface area (Å²) in [7, 11) is 4.27. The summed E-state index contributed by atoms with van der Waals surface area (Å²) >= 11 is 0. The molecule has 0 aromatic heterocycles. The topological polar surface area (TPSA) is 114 Å². The highest BCUT2D eigenvalue weighted by atomic mass is 16.7. The molecule has 10 heteroatoms. The molecule has 2 aromatic carbocycles. The SMILES string of the molecule is COC(=O)c1c([C@H]2O[C@@H]2c2cc3c(cc2CCNC(=O)OC(C)(C)C)OCO3)ccc(OC)c1OC. The number of ether oxygens (including phenoxy) is 7. The maximum atomic E-state index is 12.7. The minimum atomic E-state index is -0.583. The maximum Gasteiger partial charge on any atom is 0.407 e. The largest absolute Gasteiger partial charge is 0.493 e. The van der Waals surface area contributed by atoms with E-state index in [1.807, 2.05) is 32.9 Å². The van der Waals surface area contributed by atoms with Crippen molar-refractivity contribution in [1.29, 1.82) is 0 Å². The van der Waals surface area contributed by atoms with Gasteiger partial charge < -0.3 is 38.5 Å². The molecular formula is C26H31NO9. The molecule has 2 aromatic rings. The predicted molar refractivity (Wildman–Crippen MR) is 128 cm³/mol. The van der Waals surface area contributed by atoms with Crippen LogP contribution in [0.2, 0.25) is 0 Å². The van der Waals surface area contributed by atoms with E-state index in [1.54, 1.807) is 12.1 Å². The van der Waals surface area contributed by atoms with E-state index in [1.165, 1.54) is 21.3 Å². The average Bonchev–Trinajstić information content (AvgIpc) is 3.49. The molecule has 0 bridgehead atoms. The number of epoxide rings is 1. The van der Waals surface area contributed by atoms with Gasteiger partial charge in [0, 0.05) is 12.1 Å². The Morgan fingerprint density at radius 1 is 1.00 bits per heavy atom. The van der Waals surface area contributed by atoms with Crippen LogP contribution in [-0.2, 0) is 20.6 Å². The predicted octanol–water partition coefficient (Wildman–Crippen LogP) is 4.10. The number of carbonyl (C=O) groups is 2. The van der Waals surface area contributed by atoms with Crippen LogP contribution in [0.25, 0.3) is 0 Å². The van der Waals surface area contributed by atoms with Crippen molar-refractivity contribution in [3.05, 3.63) is 46.5 Å². The van der Waals surface area contributed by atoms with E-state index in [9.17, 15) is 9.59 Å². The van der Waals surface area contributed by atoms with Gasteiger partial charge in [-0.15, -0.1) is 0 Å². The smallest absolute Gasteiger partial charge is 0.407 e. The number of carbonyl (C=O) groups excluding carboxylic acids is 2. The Balaban J connectivity index is 1.60. The van der Waals surface area contributed by atoms with Crippen molar-refractivity contribution in [3.8, 4) is 23.0 Å². The Kier molecular flexibility index (Phi) is 7.16. The van der Waals surface area contributed by atoms with Gasteiger partial charge >= 0.3 is 12.1 Å². The highest BCUT2D eigenvalue weighted by molar-refractivity contribution is 5.95. The lowest BCUT2D eigenvalue weighted by atomic mass is 9.94. The molecule has 2 heterocycles. The molecule has 36 heavy (non-hydrogen) atoms. The molecule has 2 atom stereocenters. The fourth-order valence-electron chi connectivity index (χ4n) is 4.17. The zero-order chi connectivity index (χ0) is 26.0. The van der Waals surface area contributed by atoms with E-state index in [0.717, 1.165) is 11.1 Å². The number of fused-ring (bicyclic) bond motifs is 1. The molecule has 2 aliphatic rings. The summed E-state index contributed by atoms with van der Waals surface area (Å²) in [6.45, 7) is 5.91. The molecule has 2 aliphatic heterocycles. The van der Waals surface area contributed by atoms with E-state index >= 15 is 0 Å². The summed E-state index contributed by atoms with van der Waals surface area (Å²) < 4.78 is 38.4. The van der Waals surface area contributed by atoms with Gasteiger partial charge in [-0.05, 0) is 56.5 Å². The number of esters is 1. The minimum absolute atomic E-state index is 0.130. The second-order valence-electron chi connectivity index (χ2n) is 9.32. The molecule has 0 spiro atoms. The molecule has 0 radical (unpaired) electrons. The maximum absolute atomic E-state index is 12.7.